The quantitative estimate of drug-likeness (QED) is 0.892. The zero-order valence-corrected chi connectivity index (χ0v) is 12.4. The summed E-state index contributed by atoms with van der Waals surface area (Å²) in [5, 5.41) is 2.42. The summed E-state index contributed by atoms with van der Waals surface area (Å²) in [4.78, 5) is 25.0. The van der Waals surface area contributed by atoms with Gasteiger partial charge in [0, 0.05) is 7.05 Å². The van der Waals surface area contributed by atoms with E-state index < -0.39 is 0 Å². The van der Waals surface area contributed by atoms with E-state index in [0.717, 1.165) is 11.3 Å². The number of benzene rings is 1. The maximum Gasteiger partial charge on any atom is 0.239 e. The molecule has 0 aliphatic carbocycles. The van der Waals surface area contributed by atoms with Crippen LogP contribution in [0.1, 0.15) is 17.9 Å². The van der Waals surface area contributed by atoms with Crippen molar-refractivity contribution in [3.8, 4) is 5.75 Å². The molecule has 0 aromatic heterocycles. The van der Waals surface area contributed by atoms with Gasteiger partial charge >= 0.3 is 0 Å². The van der Waals surface area contributed by atoms with Crippen LogP contribution in [0, 0.1) is 0 Å². The van der Waals surface area contributed by atoms with Crippen LogP contribution in [-0.4, -0.2) is 42.7 Å². The molecule has 1 saturated heterocycles. The lowest BCUT2D eigenvalue weighted by molar-refractivity contribution is -0.133. The van der Waals surface area contributed by atoms with E-state index in [0.29, 0.717) is 12.4 Å². The van der Waals surface area contributed by atoms with Crippen molar-refractivity contribution >= 4 is 23.6 Å². The lowest BCUT2D eigenvalue weighted by atomic mass is 10.2. The van der Waals surface area contributed by atoms with Crippen molar-refractivity contribution in [2.75, 3.05) is 26.0 Å². The highest BCUT2D eigenvalue weighted by Gasteiger charge is 2.34. The molecule has 1 unspecified atom stereocenters. The predicted molar refractivity (Wildman–Crippen MR) is 78.6 cm³/mol. The maximum atomic E-state index is 11.9. The predicted octanol–water partition coefficient (Wildman–Crippen LogP) is 1.41. The highest BCUT2D eigenvalue weighted by Crippen LogP contribution is 2.39. The summed E-state index contributed by atoms with van der Waals surface area (Å²) in [6.45, 7) is 2.62. The van der Waals surface area contributed by atoms with Gasteiger partial charge < -0.3 is 15.0 Å². The number of carbonyl (C=O) groups excluding carboxylic acids is 2. The summed E-state index contributed by atoms with van der Waals surface area (Å²) in [6.07, 6.45) is 0. The minimum atomic E-state index is -0.160. The van der Waals surface area contributed by atoms with Crippen molar-refractivity contribution in [1.82, 2.24) is 10.2 Å². The Labute approximate surface area is 122 Å². The number of rotatable bonds is 5. The van der Waals surface area contributed by atoms with E-state index >= 15 is 0 Å². The first kappa shape index (κ1) is 14.7. The minimum Gasteiger partial charge on any atom is -0.494 e. The fourth-order valence-corrected chi connectivity index (χ4v) is 3.24. The largest absolute Gasteiger partial charge is 0.494 e. The van der Waals surface area contributed by atoms with Crippen molar-refractivity contribution in [3.63, 3.8) is 0 Å². The van der Waals surface area contributed by atoms with Crippen molar-refractivity contribution in [3.05, 3.63) is 29.8 Å². The standard InChI is InChI=1S/C14H18N2O3S/c1-3-19-11-6-4-5-10(7-11)14-16(8-12(17)15-2)13(18)9-20-14/h4-7,14H,3,8-9H2,1-2H3,(H,15,17). The van der Waals surface area contributed by atoms with Gasteiger partial charge in [0.25, 0.3) is 0 Å². The van der Waals surface area contributed by atoms with E-state index in [1.165, 1.54) is 11.8 Å². The molecule has 1 aliphatic rings. The highest BCUT2D eigenvalue weighted by molar-refractivity contribution is 8.00. The van der Waals surface area contributed by atoms with E-state index in [9.17, 15) is 9.59 Å². The zero-order valence-electron chi connectivity index (χ0n) is 11.6. The van der Waals surface area contributed by atoms with Crippen LogP contribution >= 0.6 is 11.8 Å². The molecule has 0 spiro atoms. The average molecular weight is 294 g/mol. The monoisotopic (exact) mass is 294 g/mol. The molecule has 2 amide bonds. The maximum absolute atomic E-state index is 11.9. The zero-order chi connectivity index (χ0) is 14.5. The third-order valence-electron chi connectivity index (χ3n) is 3.02. The summed E-state index contributed by atoms with van der Waals surface area (Å²) in [5.74, 6) is 1.02. The van der Waals surface area contributed by atoms with Gasteiger partial charge in [-0.15, -0.1) is 11.8 Å². The van der Waals surface area contributed by atoms with Crippen molar-refractivity contribution in [2.45, 2.75) is 12.3 Å². The lowest BCUT2D eigenvalue weighted by Gasteiger charge is -2.23. The van der Waals surface area contributed by atoms with Crippen LogP contribution in [0.25, 0.3) is 0 Å². The summed E-state index contributed by atoms with van der Waals surface area (Å²) in [6, 6.07) is 7.67. The van der Waals surface area contributed by atoms with E-state index in [1.807, 2.05) is 31.2 Å². The number of hydrogen-bond acceptors (Lipinski definition) is 4. The number of nitrogens with one attached hydrogen (secondary N) is 1. The summed E-state index contributed by atoms with van der Waals surface area (Å²) >= 11 is 1.53. The number of hydrogen-bond donors (Lipinski definition) is 1. The van der Waals surface area contributed by atoms with Crippen LogP contribution in [0.5, 0.6) is 5.75 Å². The fraction of sp³-hybridized carbons (Fsp3) is 0.429. The molecule has 108 valence electrons. The SMILES string of the molecule is CCOc1cccc(C2SCC(=O)N2CC(=O)NC)c1. The van der Waals surface area contributed by atoms with Crippen LogP contribution in [0.2, 0.25) is 0 Å². The van der Waals surface area contributed by atoms with Crippen molar-refractivity contribution in [1.29, 1.82) is 0 Å². The van der Waals surface area contributed by atoms with Gasteiger partial charge in [0.1, 0.15) is 17.7 Å². The topological polar surface area (TPSA) is 58.6 Å². The minimum absolute atomic E-state index is 0.00888. The second-order valence-corrected chi connectivity index (χ2v) is 5.43. The Balaban J connectivity index is 2.19. The molecule has 1 aromatic carbocycles. The van der Waals surface area contributed by atoms with Crippen molar-refractivity contribution < 1.29 is 14.3 Å². The molecular formula is C14H18N2O3S. The Bertz CT molecular complexity index is 507. The van der Waals surface area contributed by atoms with Crippen LogP contribution in [0.4, 0.5) is 0 Å². The molecule has 0 radical (unpaired) electrons. The summed E-state index contributed by atoms with van der Waals surface area (Å²) < 4.78 is 5.48. The van der Waals surface area contributed by atoms with E-state index in [4.69, 9.17) is 4.74 Å². The Hall–Kier alpha value is -1.69. The molecule has 6 heteroatoms. The first-order valence-corrected chi connectivity index (χ1v) is 7.55. The van der Waals surface area contributed by atoms with Gasteiger partial charge in [-0.05, 0) is 24.6 Å². The first-order valence-electron chi connectivity index (χ1n) is 6.50. The second-order valence-electron chi connectivity index (χ2n) is 4.36. The molecule has 1 heterocycles. The average Bonchev–Trinajstić information content (AvgIpc) is 2.81. The van der Waals surface area contributed by atoms with Gasteiger partial charge in [0.15, 0.2) is 0 Å². The molecule has 20 heavy (non-hydrogen) atoms. The van der Waals surface area contributed by atoms with Crippen LogP contribution < -0.4 is 10.1 Å². The third kappa shape index (κ3) is 3.25. The Morgan fingerprint density at radius 1 is 1.55 bits per heavy atom. The van der Waals surface area contributed by atoms with Gasteiger partial charge in [0.2, 0.25) is 11.8 Å². The third-order valence-corrected chi connectivity index (χ3v) is 4.27. The molecule has 1 fully saturated rings. The summed E-state index contributed by atoms with van der Waals surface area (Å²) in [5.41, 5.74) is 0.982. The fourth-order valence-electron chi connectivity index (χ4n) is 2.06. The molecular weight excluding hydrogens is 276 g/mol. The number of nitrogens with zero attached hydrogens (tertiary/aromatic N) is 1. The van der Waals surface area contributed by atoms with Gasteiger partial charge in [-0.3, -0.25) is 9.59 Å². The van der Waals surface area contributed by atoms with Crippen molar-refractivity contribution in [2.24, 2.45) is 0 Å². The highest BCUT2D eigenvalue weighted by atomic mass is 32.2. The van der Waals surface area contributed by atoms with Crippen LogP contribution in [0.3, 0.4) is 0 Å². The van der Waals surface area contributed by atoms with Gasteiger partial charge in [-0.25, -0.2) is 0 Å². The molecule has 5 nitrogen and oxygen atoms in total. The number of ether oxygens (including phenoxy) is 1. The molecule has 1 N–H and O–H groups in total. The normalized spacial score (nSPS) is 18.2. The van der Waals surface area contributed by atoms with E-state index in [1.54, 1.807) is 11.9 Å². The Morgan fingerprint density at radius 3 is 3.05 bits per heavy atom. The van der Waals surface area contributed by atoms with E-state index in [2.05, 4.69) is 5.32 Å². The lowest BCUT2D eigenvalue weighted by Crippen LogP contribution is -2.37. The molecule has 0 saturated carbocycles. The Morgan fingerprint density at radius 2 is 2.35 bits per heavy atom. The second kappa shape index (κ2) is 6.65. The molecule has 0 bridgehead atoms. The number of likely N-dealkylation sites (N-methyl/N-ethyl adjacent to an activating group) is 1. The number of carbonyl (C=O) groups is 2. The van der Waals surface area contributed by atoms with E-state index in [-0.39, 0.29) is 23.7 Å². The molecule has 1 atom stereocenters. The van der Waals surface area contributed by atoms with Gasteiger partial charge in [-0.1, -0.05) is 12.1 Å². The van der Waals surface area contributed by atoms with Gasteiger partial charge in [0.05, 0.1) is 12.4 Å². The smallest absolute Gasteiger partial charge is 0.239 e. The molecule has 1 aliphatic heterocycles. The van der Waals surface area contributed by atoms with Crippen LogP contribution in [0.15, 0.2) is 24.3 Å². The number of amides is 2. The first-order chi connectivity index (χ1) is 9.65. The van der Waals surface area contributed by atoms with Crippen LogP contribution in [-0.2, 0) is 9.59 Å². The summed E-state index contributed by atoms with van der Waals surface area (Å²) in [7, 11) is 1.57. The molecule has 2 rings (SSSR count). The number of thioether (sulfide) groups is 1. The Kier molecular flexibility index (Phi) is 4.89. The van der Waals surface area contributed by atoms with Gasteiger partial charge in [-0.2, -0.15) is 0 Å². The molecule has 1 aromatic rings.